The van der Waals surface area contributed by atoms with Crippen LogP contribution in [0.3, 0.4) is 0 Å². The Kier molecular flexibility index (Phi) is 7.23. The van der Waals surface area contributed by atoms with Crippen molar-refractivity contribution < 1.29 is 9.53 Å². The Morgan fingerprint density at radius 2 is 2.05 bits per heavy atom. The van der Waals surface area contributed by atoms with E-state index in [1.807, 2.05) is 37.3 Å². The number of hydrogen-bond acceptors (Lipinski definition) is 3. The average molecular weight is 282 g/mol. The van der Waals surface area contributed by atoms with E-state index in [4.69, 9.17) is 16.3 Å². The van der Waals surface area contributed by atoms with Crippen molar-refractivity contribution in [3.63, 3.8) is 0 Å². The quantitative estimate of drug-likeness (QED) is 0.474. The summed E-state index contributed by atoms with van der Waals surface area (Å²) in [6, 6.07) is 7.82. The third-order valence-corrected chi connectivity index (χ3v) is 3.08. The molecule has 0 aliphatic carbocycles. The number of esters is 1. The molecule has 0 aliphatic rings. The van der Waals surface area contributed by atoms with Crippen molar-refractivity contribution >= 4 is 17.6 Å². The zero-order valence-corrected chi connectivity index (χ0v) is 12.2. The lowest BCUT2D eigenvalue weighted by Crippen LogP contribution is -2.18. The van der Waals surface area contributed by atoms with Crippen LogP contribution in [0, 0.1) is 0 Å². The van der Waals surface area contributed by atoms with Crippen LogP contribution < -0.4 is 5.32 Å². The molecule has 0 bridgehead atoms. The van der Waals surface area contributed by atoms with E-state index in [9.17, 15) is 4.79 Å². The largest absolute Gasteiger partial charge is 0.466 e. The van der Waals surface area contributed by atoms with Crippen molar-refractivity contribution in [1.82, 2.24) is 5.32 Å². The van der Waals surface area contributed by atoms with Gasteiger partial charge in [-0.1, -0.05) is 36.7 Å². The standard InChI is InChI=1S/C15H20ClNO2/c1-3-13(15(18)19-2)9-11-17-10-8-12-4-6-14(16)7-5-12/h4-7,9,17H,3,8,10-11H2,1-2H3/b13-9-. The fourth-order valence-electron chi connectivity index (χ4n) is 1.68. The molecule has 0 unspecified atom stereocenters. The molecule has 4 heteroatoms. The van der Waals surface area contributed by atoms with Crippen LogP contribution >= 0.6 is 11.6 Å². The molecule has 1 rings (SSSR count). The van der Waals surface area contributed by atoms with E-state index in [0.29, 0.717) is 18.5 Å². The predicted molar refractivity (Wildman–Crippen MR) is 78.4 cm³/mol. The zero-order valence-electron chi connectivity index (χ0n) is 11.4. The Balaban J connectivity index is 2.29. The van der Waals surface area contributed by atoms with Gasteiger partial charge in [-0.2, -0.15) is 0 Å². The van der Waals surface area contributed by atoms with Crippen LogP contribution in [-0.2, 0) is 16.0 Å². The van der Waals surface area contributed by atoms with Gasteiger partial charge in [0.1, 0.15) is 0 Å². The zero-order chi connectivity index (χ0) is 14.1. The Labute approximate surface area is 119 Å². The van der Waals surface area contributed by atoms with Gasteiger partial charge in [-0.05, 0) is 37.1 Å². The molecule has 0 atom stereocenters. The van der Waals surface area contributed by atoms with Crippen molar-refractivity contribution in [3.8, 4) is 0 Å². The number of methoxy groups -OCH3 is 1. The second kappa shape index (κ2) is 8.73. The number of ether oxygens (including phenoxy) is 1. The maximum absolute atomic E-state index is 11.3. The first kappa shape index (κ1) is 15.7. The van der Waals surface area contributed by atoms with E-state index >= 15 is 0 Å². The lowest BCUT2D eigenvalue weighted by Gasteiger charge is -2.05. The summed E-state index contributed by atoms with van der Waals surface area (Å²) in [6.07, 6.45) is 3.50. The highest BCUT2D eigenvalue weighted by atomic mass is 35.5. The van der Waals surface area contributed by atoms with Crippen LogP contribution in [0.2, 0.25) is 5.02 Å². The lowest BCUT2D eigenvalue weighted by atomic mass is 10.1. The van der Waals surface area contributed by atoms with Crippen LogP contribution in [0.15, 0.2) is 35.9 Å². The maximum atomic E-state index is 11.3. The summed E-state index contributed by atoms with van der Waals surface area (Å²) in [4.78, 5) is 11.3. The molecule has 0 amide bonds. The molecule has 1 aromatic rings. The number of carbonyl (C=O) groups excluding carboxylic acids is 1. The molecule has 3 nitrogen and oxygen atoms in total. The van der Waals surface area contributed by atoms with E-state index in [-0.39, 0.29) is 5.97 Å². The number of carbonyl (C=O) groups is 1. The summed E-state index contributed by atoms with van der Waals surface area (Å²) in [5.41, 5.74) is 1.95. The summed E-state index contributed by atoms with van der Waals surface area (Å²) >= 11 is 5.82. The van der Waals surface area contributed by atoms with Gasteiger partial charge >= 0.3 is 5.97 Å². The molecule has 1 N–H and O–H groups in total. The van der Waals surface area contributed by atoms with Gasteiger partial charge in [-0.25, -0.2) is 4.79 Å². The van der Waals surface area contributed by atoms with E-state index in [1.165, 1.54) is 12.7 Å². The fraction of sp³-hybridized carbons (Fsp3) is 0.400. The van der Waals surface area contributed by atoms with Crippen LogP contribution in [0.1, 0.15) is 18.9 Å². The molecule has 0 saturated heterocycles. The molecule has 0 radical (unpaired) electrons. The normalized spacial score (nSPS) is 11.4. The Hall–Kier alpha value is -1.32. The second-order valence-corrected chi connectivity index (χ2v) is 4.59. The summed E-state index contributed by atoms with van der Waals surface area (Å²) in [5, 5.41) is 4.03. The van der Waals surface area contributed by atoms with Crippen molar-refractivity contribution in [2.24, 2.45) is 0 Å². The van der Waals surface area contributed by atoms with Gasteiger partial charge in [0.25, 0.3) is 0 Å². The minimum atomic E-state index is -0.248. The smallest absolute Gasteiger partial charge is 0.333 e. The molecular formula is C15H20ClNO2. The summed E-state index contributed by atoms with van der Waals surface area (Å²) in [5.74, 6) is -0.248. The number of nitrogens with one attached hydrogen (secondary N) is 1. The van der Waals surface area contributed by atoms with Crippen LogP contribution in [0.4, 0.5) is 0 Å². The van der Waals surface area contributed by atoms with Crippen LogP contribution in [0.5, 0.6) is 0 Å². The molecular weight excluding hydrogens is 262 g/mol. The molecule has 0 fully saturated rings. The first-order valence-electron chi connectivity index (χ1n) is 6.40. The number of benzene rings is 1. The molecule has 0 heterocycles. The minimum absolute atomic E-state index is 0.248. The highest BCUT2D eigenvalue weighted by molar-refractivity contribution is 6.30. The number of hydrogen-bond donors (Lipinski definition) is 1. The SMILES string of the molecule is CC/C(=C/CNCCc1ccc(Cl)cc1)C(=O)OC. The lowest BCUT2D eigenvalue weighted by molar-refractivity contribution is -0.136. The average Bonchev–Trinajstić information content (AvgIpc) is 2.44. The molecule has 19 heavy (non-hydrogen) atoms. The van der Waals surface area contributed by atoms with E-state index in [1.54, 1.807) is 0 Å². The predicted octanol–water partition coefficient (Wildman–Crippen LogP) is 2.98. The number of rotatable bonds is 7. The van der Waals surface area contributed by atoms with Gasteiger partial charge in [0.15, 0.2) is 0 Å². The third kappa shape index (κ3) is 5.90. The van der Waals surface area contributed by atoms with Crippen LogP contribution in [-0.4, -0.2) is 26.2 Å². The maximum Gasteiger partial charge on any atom is 0.333 e. The van der Waals surface area contributed by atoms with E-state index in [0.717, 1.165) is 18.0 Å². The summed E-state index contributed by atoms with van der Waals surface area (Å²) in [6.45, 7) is 3.47. The number of halogens is 1. The van der Waals surface area contributed by atoms with Crippen molar-refractivity contribution in [2.75, 3.05) is 20.2 Å². The van der Waals surface area contributed by atoms with E-state index < -0.39 is 0 Å². The van der Waals surface area contributed by atoms with Crippen molar-refractivity contribution in [1.29, 1.82) is 0 Å². The van der Waals surface area contributed by atoms with Crippen molar-refractivity contribution in [2.45, 2.75) is 19.8 Å². The van der Waals surface area contributed by atoms with Gasteiger partial charge in [0.2, 0.25) is 0 Å². The monoisotopic (exact) mass is 281 g/mol. The molecule has 0 spiro atoms. The molecule has 1 aromatic carbocycles. The second-order valence-electron chi connectivity index (χ2n) is 4.16. The molecule has 0 aromatic heterocycles. The van der Waals surface area contributed by atoms with Gasteiger partial charge in [-0.15, -0.1) is 0 Å². The Bertz CT molecular complexity index is 426. The van der Waals surface area contributed by atoms with Crippen LogP contribution in [0.25, 0.3) is 0 Å². The first-order chi connectivity index (χ1) is 9.17. The molecule has 104 valence electrons. The van der Waals surface area contributed by atoms with Gasteiger partial charge in [0, 0.05) is 17.1 Å². The minimum Gasteiger partial charge on any atom is -0.466 e. The van der Waals surface area contributed by atoms with Gasteiger partial charge in [-0.3, -0.25) is 0 Å². The summed E-state index contributed by atoms with van der Waals surface area (Å²) < 4.78 is 4.69. The third-order valence-electron chi connectivity index (χ3n) is 2.82. The van der Waals surface area contributed by atoms with Crippen molar-refractivity contribution in [3.05, 3.63) is 46.5 Å². The molecule has 0 saturated carbocycles. The topological polar surface area (TPSA) is 38.3 Å². The Morgan fingerprint density at radius 1 is 1.37 bits per heavy atom. The fourth-order valence-corrected chi connectivity index (χ4v) is 1.81. The highest BCUT2D eigenvalue weighted by Gasteiger charge is 2.05. The van der Waals surface area contributed by atoms with E-state index in [2.05, 4.69) is 5.32 Å². The first-order valence-corrected chi connectivity index (χ1v) is 6.77. The highest BCUT2D eigenvalue weighted by Crippen LogP contribution is 2.09. The Morgan fingerprint density at radius 3 is 2.63 bits per heavy atom. The summed E-state index contributed by atoms with van der Waals surface area (Å²) in [7, 11) is 1.40. The molecule has 0 aliphatic heterocycles. The van der Waals surface area contributed by atoms with Gasteiger partial charge in [0.05, 0.1) is 7.11 Å². The van der Waals surface area contributed by atoms with Gasteiger partial charge < -0.3 is 10.1 Å².